The monoisotopic (exact) mass is 420 g/mol. The van der Waals surface area contributed by atoms with Crippen molar-refractivity contribution in [1.82, 2.24) is 9.80 Å². The van der Waals surface area contributed by atoms with Crippen LogP contribution in [0.25, 0.3) is 0 Å². The molecule has 0 aromatic heterocycles. The Morgan fingerprint density at radius 3 is 2.34 bits per heavy atom. The van der Waals surface area contributed by atoms with Crippen molar-refractivity contribution < 1.29 is 23.5 Å². The SMILES string of the molecule is COc1ccc(CC(=O)N2CCN(C(=O)c3cc(Cl)ccc3F)CC2)c(OC)c1. The number of carbonyl (C=O) groups excluding carboxylic acids is 2. The van der Waals surface area contributed by atoms with Crippen LogP contribution in [0.4, 0.5) is 4.39 Å². The standard InChI is InChI=1S/C21H22ClFN2O4/c1-28-16-5-3-14(19(13-16)29-2)11-20(26)24-7-9-25(10-8-24)21(27)17-12-15(22)4-6-18(17)23/h3-6,12-13H,7-11H2,1-2H3. The lowest BCUT2D eigenvalue weighted by atomic mass is 10.1. The number of benzene rings is 2. The summed E-state index contributed by atoms with van der Waals surface area (Å²) in [6.45, 7) is 1.42. The minimum Gasteiger partial charge on any atom is -0.497 e. The van der Waals surface area contributed by atoms with Crippen molar-refractivity contribution in [2.45, 2.75) is 6.42 Å². The molecule has 0 atom stereocenters. The van der Waals surface area contributed by atoms with Gasteiger partial charge in [0.25, 0.3) is 5.91 Å². The second-order valence-corrected chi connectivity index (χ2v) is 7.09. The molecule has 0 N–H and O–H groups in total. The van der Waals surface area contributed by atoms with Gasteiger partial charge in [-0.05, 0) is 24.3 Å². The fraction of sp³-hybridized carbons (Fsp3) is 0.333. The Balaban J connectivity index is 1.61. The van der Waals surface area contributed by atoms with E-state index in [1.807, 2.05) is 0 Å². The van der Waals surface area contributed by atoms with Gasteiger partial charge in [-0.3, -0.25) is 9.59 Å². The molecule has 0 bridgehead atoms. The average molecular weight is 421 g/mol. The number of methoxy groups -OCH3 is 2. The van der Waals surface area contributed by atoms with Gasteiger partial charge in [0.1, 0.15) is 17.3 Å². The van der Waals surface area contributed by atoms with Crippen LogP contribution in [0.2, 0.25) is 5.02 Å². The van der Waals surface area contributed by atoms with Gasteiger partial charge in [-0.25, -0.2) is 4.39 Å². The maximum Gasteiger partial charge on any atom is 0.257 e. The number of carbonyl (C=O) groups is 2. The van der Waals surface area contributed by atoms with Crippen LogP contribution in [0, 0.1) is 5.82 Å². The summed E-state index contributed by atoms with van der Waals surface area (Å²) in [7, 11) is 3.11. The Bertz CT molecular complexity index is 914. The highest BCUT2D eigenvalue weighted by Crippen LogP contribution is 2.25. The molecule has 0 spiro atoms. The van der Waals surface area contributed by atoms with Gasteiger partial charge in [0, 0.05) is 42.8 Å². The van der Waals surface area contributed by atoms with Crippen LogP contribution >= 0.6 is 11.6 Å². The zero-order chi connectivity index (χ0) is 21.0. The van der Waals surface area contributed by atoms with E-state index in [1.165, 1.54) is 23.1 Å². The Morgan fingerprint density at radius 2 is 1.69 bits per heavy atom. The highest BCUT2D eigenvalue weighted by Gasteiger charge is 2.27. The molecule has 1 fully saturated rings. The summed E-state index contributed by atoms with van der Waals surface area (Å²) in [6.07, 6.45) is 0.185. The maximum absolute atomic E-state index is 14.0. The number of nitrogens with zero attached hydrogens (tertiary/aromatic N) is 2. The molecular weight excluding hydrogens is 399 g/mol. The van der Waals surface area contributed by atoms with Crippen LogP contribution in [0.15, 0.2) is 36.4 Å². The van der Waals surface area contributed by atoms with Crippen LogP contribution < -0.4 is 9.47 Å². The van der Waals surface area contributed by atoms with E-state index in [-0.39, 0.29) is 17.9 Å². The normalized spacial score (nSPS) is 13.9. The lowest BCUT2D eigenvalue weighted by molar-refractivity contribution is -0.131. The Kier molecular flexibility index (Phi) is 6.59. The summed E-state index contributed by atoms with van der Waals surface area (Å²) < 4.78 is 24.5. The van der Waals surface area contributed by atoms with E-state index in [1.54, 1.807) is 37.3 Å². The van der Waals surface area contributed by atoms with E-state index >= 15 is 0 Å². The molecule has 1 heterocycles. The minimum atomic E-state index is -0.607. The maximum atomic E-state index is 14.0. The Hall–Kier alpha value is -2.80. The van der Waals surface area contributed by atoms with E-state index in [9.17, 15) is 14.0 Å². The highest BCUT2D eigenvalue weighted by molar-refractivity contribution is 6.31. The van der Waals surface area contributed by atoms with Crippen molar-refractivity contribution in [1.29, 1.82) is 0 Å². The first kappa shape index (κ1) is 20.9. The molecule has 154 valence electrons. The molecule has 1 aliphatic heterocycles. The van der Waals surface area contributed by atoms with Crippen LogP contribution in [0.3, 0.4) is 0 Å². The number of amides is 2. The van der Waals surface area contributed by atoms with Crippen molar-refractivity contribution in [3.8, 4) is 11.5 Å². The summed E-state index contributed by atoms with van der Waals surface area (Å²) in [4.78, 5) is 28.5. The fourth-order valence-corrected chi connectivity index (χ4v) is 3.44. The molecule has 0 radical (unpaired) electrons. The molecule has 2 amide bonds. The van der Waals surface area contributed by atoms with Gasteiger partial charge < -0.3 is 19.3 Å². The summed E-state index contributed by atoms with van der Waals surface area (Å²) in [5.74, 6) is 0.147. The average Bonchev–Trinajstić information content (AvgIpc) is 2.75. The van der Waals surface area contributed by atoms with Gasteiger partial charge >= 0.3 is 0 Å². The third kappa shape index (κ3) is 4.79. The summed E-state index contributed by atoms with van der Waals surface area (Å²) in [6, 6.07) is 9.22. The number of rotatable bonds is 5. The molecule has 0 aliphatic carbocycles. The largest absolute Gasteiger partial charge is 0.497 e. The zero-order valence-electron chi connectivity index (χ0n) is 16.3. The molecule has 6 nitrogen and oxygen atoms in total. The molecular formula is C21H22ClFN2O4. The van der Waals surface area contributed by atoms with Gasteiger partial charge in [0.15, 0.2) is 0 Å². The first-order valence-electron chi connectivity index (χ1n) is 9.16. The van der Waals surface area contributed by atoms with Crippen molar-refractivity contribution in [2.75, 3.05) is 40.4 Å². The van der Waals surface area contributed by atoms with Crippen molar-refractivity contribution in [3.05, 3.63) is 58.4 Å². The first-order chi connectivity index (χ1) is 13.9. The number of piperazine rings is 1. The Morgan fingerprint density at radius 1 is 1.00 bits per heavy atom. The summed E-state index contributed by atoms with van der Waals surface area (Å²) in [5, 5.41) is 0.303. The molecule has 8 heteroatoms. The smallest absolute Gasteiger partial charge is 0.257 e. The second kappa shape index (κ2) is 9.13. The predicted octanol–water partition coefficient (Wildman–Crippen LogP) is 3.02. The van der Waals surface area contributed by atoms with E-state index in [4.69, 9.17) is 21.1 Å². The lowest BCUT2D eigenvalue weighted by Crippen LogP contribution is -2.51. The number of halogens is 2. The molecule has 1 aliphatic rings. The van der Waals surface area contributed by atoms with E-state index in [2.05, 4.69) is 0 Å². The number of hydrogen-bond acceptors (Lipinski definition) is 4. The first-order valence-corrected chi connectivity index (χ1v) is 9.53. The minimum absolute atomic E-state index is 0.0553. The van der Waals surface area contributed by atoms with Gasteiger partial charge in [0.05, 0.1) is 26.2 Å². The van der Waals surface area contributed by atoms with Crippen LogP contribution in [-0.4, -0.2) is 62.0 Å². The molecule has 2 aromatic carbocycles. The predicted molar refractivity (Wildman–Crippen MR) is 107 cm³/mol. The van der Waals surface area contributed by atoms with Crippen LogP contribution in [-0.2, 0) is 11.2 Å². The topological polar surface area (TPSA) is 59.1 Å². The second-order valence-electron chi connectivity index (χ2n) is 6.65. The van der Waals surface area contributed by atoms with E-state index < -0.39 is 11.7 Å². The molecule has 0 unspecified atom stereocenters. The lowest BCUT2D eigenvalue weighted by Gasteiger charge is -2.35. The third-order valence-corrected chi connectivity index (χ3v) is 5.15. The van der Waals surface area contributed by atoms with Crippen molar-refractivity contribution in [3.63, 3.8) is 0 Å². The zero-order valence-corrected chi connectivity index (χ0v) is 17.0. The molecule has 1 saturated heterocycles. The van der Waals surface area contributed by atoms with Gasteiger partial charge in [-0.2, -0.15) is 0 Å². The Labute approximate surface area is 173 Å². The van der Waals surface area contributed by atoms with Crippen LogP contribution in [0.1, 0.15) is 15.9 Å². The summed E-state index contributed by atoms with van der Waals surface area (Å²) >= 11 is 5.88. The van der Waals surface area contributed by atoms with Crippen molar-refractivity contribution >= 4 is 23.4 Å². The summed E-state index contributed by atoms with van der Waals surface area (Å²) in [5.41, 5.74) is 0.707. The van der Waals surface area contributed by atoms with Crippen molar-refractivity contribution in [2.24, 2.45) is 0 Å². The quantitative estimate of drug-likeness (QED) is 0.746. The third-order valence-electron chi connectivity index (χ3n) is 4.91. The van der Waals surface area contributed by atoms with Gasteiger partial charge in [-0.15, -0.1) is 0 Å². The van der Waals surface area contributed by atoms with Crippen LogP contribution in [0.5, 0.6) is 11.5 Å². The van der Waals surface area contributed by atoms with E-state index in [0.717, 1.165) is 5.56 Å². The van der Waals surface area contributed by atoms with E-state index in [0.29, 0.717) is 42.7 Å². The molecule has 2 aromatic rings. The molecule has 0 saturated carbocycles. The molecule has 3 rings (SSSR count). The van der Waals surface area contributed by atoms with Gasteiger partial charge in [-0.1, -0.05) is 17.7 Å². The fourth-order valence-electron chi connectivity index (χ4n) is 3.26. The number of hydrogen-bond donors (Lipinski definition) is 0. The number of ether oxygens (including phenoxy) is 2. The van der Waals surface area contributed by atoms with Gasteiger partial charge in [0.2, 0.25) is 5.91 Å². The molecule has 29 heavy (non-hydrogen) atoms. The highest BCUT2D eigenvalue weighted by atomic mass is 35.5.